The number of amides is 1. The standard InChI is InChI=1S/C19H35N5O4/c1-18(2,3)16(25)13-28-14-17(26)20-7-9-27-10-8-24-12-15(22-23-24)11-21-19(4,5)6/h12,21H,7-11,13-14H2,1-6H3,(H,20,26). The second kappa shape index (κ2) is 11.2. The van der Waals surface area contributed by atoms with Gasteiger partial charge in [0.2, 0.25) is 5.91 Å². The minimum atomic E-state index is -0.460. The molecule has 0 aromatic carbocycles. The van der Waals surface area contributed by atoms with Crippen LogP contribution in [0.2, 0.25) is 0 Å². The predicted octanol–water partition coefficient (Wildman–Crippen LogP) is 0.931. The number of rotatable bonds is 12. The van der Waals surface area contributed by atoms with E-state index in [1.165, 1.54) is 0 Å². The van der Waals surface area contributed by atoms with E-state index in [-0.39, 0.29) is 30.4 Å². The molecule has 0 spiro atoms. The van der Waals surface area contributed by atoms with E-state index in [9.17, 15) is 9.59 Å². The van der Waals surface area contributed by atoms with Gasteiger partial charge in [-0.25, -0.2) is 4.68 Å². The first-order valence-electron chi connectivity index (χ1n) is 9.57. The summed E-state index contributed by atoms with van der Waals surface area (Å²) in [4.78, 5) is 23.3. The van der Waals surface area contributed by atoms with Gasteiger partial charge in [-0.15, -0.1) is 5.10 Å². The van der Waals surface area contributed by atoms with Gasteiger partial charge in [0.05, 0.1) is 25.5 Å². The van der Waals surface area contributed by atoms with Crippen LogP contribution >= 0.6 is 0 Å². The first kappa shape index (κ1) is 24.2. The van der Waals surface area contributed by atoms with Crippen LogP contribution in [0.15, 0.2) is 6.20 Å². The fourth-order valence-electron chi connectivity index (χ4n) is 1.91. The van der Waals surface area contributed by atoms with Crippen molar-refractivity contribution in [3.05, 3.63) is 11.9 Å². The highest BCUT2D eigenvalue weighted by molar-refractivity contribution is 5.85. The molecule has 0 radical (unpaired) electrons. The lowest BCUT2D eigenvalue weighted by molar-refractivity contribution is -0.134. The topological polar surface area (TPSA) is 107 Å². The van der Waals surface area contributed by atoms with Crippen molar-refractivity contribution in [2.45, 2.75) is 60.2 Å². The SMILES string of the molecule is CC(C)(C)NCc1cn(CCOCCNC(=O)COCC(=O)C(C)(C)C)nn1. The van der Waals surface area contributed by atoms with Crippen LogP contribution in [0.3, 0.4) is 0 Å². The van der Waals surface area contributed by atoms with Crippen molar-refractivity contribution in [1.29, 1.82) is 0 Å². The fraction of sp³-hybridized carbons (Fsp3) is 0.789. The van der Waals surface area contributed by atoms with E-state index in [4.69, 9.17) is 9.47 Å². The molecule has 1 rings (SSSR count). The van der Waals surface area contributed by atoms with Gasteiger partial charge in [0.1, 0.15) is 13.2 Å². The van der Waals surface area contributed by atoms with E-state index in [0.717, 1.165) is 5.69 Å². The zero-order valence-electron chi connectivity index (χ0n) is 18.0. The van der Waals surface area contributed by atoms with Gasteiger partial charge in [0.25, 0.3) is 0 Å². The Morgan fingerprint density at radius 2 is 1.79 bits per heavy atom. The van der Waals surface area contributed by atoms with Gasteiger partial charge >= 0.3 is 0 Å². The van der Waals surface area contributed by atoms with Gasteiger partial charge in [0.15, 0.2) is 5.78 Å². The number of hydrogen-bond acceptors (Lipinski definition) is 7. The number of aromatic nitrogens is 3. The van der Waals surface area contributed by atoms with E-state index in [1.54, 1.807) is 4.68 Å². The average molecular weight is 398 g/mol. The van der Waals surface area contributed by atoms with E-state index in [2.05, 4.69) is 41.7 Å². The van der Waals surface area contributed by atoms with Gasteiger partial charge in [-0.1, -0.05) is 26.0 Å². The average Bonchev–Trinajstić information content (AvgIpc) is 3.02. The quantitative estimate of drug-likeness (QED) is 0.505. The lowest BCUT2D eigenvalue weighted by Gasteiger charge is -2.19. The first-order chi connectivity index (χ1) is 13.0. The van der Waals surface area contributed by atoms with E-state index in [1.807, 2.05) is 27.0 Å². The molecule has 0 saturated carbocycles. The molecule has 0 aliphatic heterocycles. The Morgan fingerprint density at radius 1 is 1.07 bits per heavy atom. The number of Topliss-reactive ketones (excluding diaryl/α,β-unsaturated/α-hetero) is 1. The highest BCUT2D eigenvalue weighted by atomic mass is 16.5. The Hall–Kier alpha value is -1.84. The number of hydrogen-bond donors (Lipinski definition) is 2. The smallest absolute Gasteiger partial charge is 0.246 e. The zero-order valence-corrected chi connectivity index (χ0v) is 18.0. The van der Waals surface area contributed by atoms with E-state index >= 15 is 0 Å². The fourth-order valence-corrected chi connectivity index (χ4v) is 1.91. The predicted molar refractivity (Wildman–Crippen MR) is 106 cm³/mol. The second-order valence-electron chi connectivity index (χ2n) is 8.70. The molecule has 9 nitrogen and oxygen atoms in total. The molecule has 160 valence electrons. The van der Waals surface area contributed by atoms with Crippen LogP contribution < -0.4 is 10.6 Å². The monoisotopic (exact) mass is 397 g/mol. The summed E-state index contributed by atoms with van der Waals surface area (Å²) < 4.78 is 12.4. The molecule has 28 heavy (non-hydrogen) atoms. The molecule has 0 aliphatic carbocycles. The molecule has 1 aromatic rings. The van der Waals surface area contributed by atoms with Crippen LogP contribution in [-0.4, -0.2) is 65.2 Å². The molecule has 1 aromatic heterocycles. The van der Waals surface area contributed by atoms with Crippen molar-refractivity contribution >= 4 is 11.7 Å². The first-order valence-corrected chi connectivity index (χ1v) is 9.57. The molecule has 0 bridgehead atoms. The number of ketones is 1. The minimum Gasteiger partial charge on any atom is -0.378 e. The minimum absolute atomic E-state index is 0.0322. The number of nitrogens with one attached hydrogen (secondary N) is 2. The summed E-state index contributed by atoms with van der Waals surface area (Å²) in [5.41, 5.74) is 0.454. The summed E-state index contributed by atoms with van der Waals surface area (Å²) in [5.74, 6) is -0.299. The second-order valence-corrected chi connectivity index (χ2v) is 8.70. The third kappa shape index (κ3) is 11.1. The molecule has 1 amide bonds. The molecule has 0 atom stereocenters. The van der Waals surface area contributed by atoms with Crippen molar-refractivity contribution in [2.24, 2.45) is 5.41 Å². The zero-order chi connectivity index (χ0) is 21.2. The van der Waals surface area contributed by atoms with Gasteiger partial charge in [-0.3, -0.25) is 9.59 Å². The number of carbonyl (C=O) groups excluding carboxylic acids is 2. The van der Waals surface area contributed by atoms with Crippen LogP contribution in [0, 0.1) is 5.41 Å². The number of carbonyl (C=O) groups is 2. The Balaban J connectivity index is 2.06. The summed E-state index contributed by atoms with van der Waals surface area (Å²) in [5, 5.41) is 14.2. The van der Waals surface area contributed by atoms with Crippen molar-refractivity contribution in [3.8, 4) is 0 Å². The van der Waals surface area contributed by atoms with Crippen molar-refractivity contribution < 1.29 is 19.1 Å². The molecule has 0 saturated heterocycles. The van der Waals surface area contributed by atoms with Gasteiger partial charge in [0, 0.05) is 30.2 Å². The maximum absolute atomic E-state index is 11.7. The Kier molecular flexibility index (Phi) is 9.71. The maximum atomic E-state index is 11.7. The third-order valence-electron chi connectivity index (χ3n) is 3.72. The molecule has 0 aliphatic rings. The highest BCUT2D eigenvalue weighted by Gasteiger charge is 2.21. The summed E-state index contributed by atoms with van der Waals surface area (Å²) in [6.07, 6.45) is 1.89. The Labute approximate surface area is 167 Å². The van der Waals surface area contributed by atoms with Gasteiger partial charge in [-0.05, 0) is 20.8 Å². The Bertz CT molecular complexity index is 617. The third-order valence-corrected chi connectivity index (χ3v) is 3.72. The molecular weight excluding hydrogens is 362 g/mol. The molecule has 0 unspecified atom stereocenters. The van der Waals surface area contributed by atoms with Crippen molar-refractivity contribution in [1.82, 2.24) is 25.6 Å². The van der Waals surface area contributed by atoms with E-state index < -0.39 is 5.41 Å². The molecular formula is C19H35N5O4. The Morgan fingerprint density at radius 3 is 2.43 bits per heavy atom. The van der Waals surface area contributed by atoms with E-state index in [0.29, 0.717) is 32.8 Å². The lowest BCUT2D eigenvalue weighted by Crippen LogP contribution is -2.35. The molecule has 9 heteroatoms. The summed E-state index contributed by atoms with van der Waals surface area (Å²) >= 11 is 0. The normalized spacial score (nSPS) is 12.2. The van der Waals surface area contributed by atoms with Gasteiger partial charge < -0.3 is 20.1 Å². The maximum Gasteiger partial charge on any atom is 0.246 e. The summed E-state index contributed by atoms with van der Waals surface area (Å²) in [6, 6.07) is 0. The largest absolute Gasteiger partial charge is 0.378 e. The summed E-state index contributed by atoms with van der Waals surface area (Å²) in [6.45, 7) is 14.1. The van der Waals surface area contributed by atoms with Gasteiger partial charge in [-0.2, -0.15) is 0 Å². The number of ether oxygens (including phenoxy) is 2. The van der Waals surface area contributed by atoms with Crippen LogP contribution in [0.5, 0.6) is 0 Å². The number of nitrogens with zero attached hydrogens (tertiary/aromatic N) is 3. The van der Waals surface area contributed by atoms with Crippen LogP contribution in [0.1, 0.15) is 47.2 Å². The van der Waals surface area contributed by atoms with Crippen molar-refractivity contribution in [2.75, 3.05) is 33.0 Å². The highest BCUT2D eigenvalue weighted by Crippen LogP contribution is 2.14. The van der Waals surface area contributed by atoms with Crippen molar-refractivity contribution in [3.63, 3.8) is 0 Å². The lowest BCUT2D eigenvalue weighted by atomic mass is 9.91. The molecule has 0 fully saturated rings. The molecule has 1 heterocycles. The van der Waals surface area contributed by atoms with Crippen LogP contribution in [-0.2, 0) is 32.2 Å². The molecule has 2 N–H and O–H groups in total. The summed E-state index contributed by atoms with van der Waals surface area (Å²) in [7, 11) is 0. The van der Waals surface area contributed by atoms with Crippen LogP contribution in [0.25, 0.3) is 0 Å². The van der Waals surface area contributed by atoms with Crippen LogP contribution in [0.4, 0.5) is 0 Å².